The van der Waals surface area contributed by atoms with E-state index in [0.29, 0.717) is 5.69 Å². The molecule has 1 aromatic heterocycles. The van der Waals surface area contributed by atoms with E-state index in [9.17, 15) is 29.8 Å². The fourth-order valence-electron chi connectivity index (χ4n) is 2.87. The third-order valence-corrected chi connectivity index (χ3v) is 7.67. The molecule has 194 valence electrons. The van der Waals surface area contributed by atoms with Crippen molar-refractivity contribution in [3.63, 3.8) is 0 Å². The maximum absolute atomic E-state index is 12.4. The second-order valence-corrected chi connectivity index (χ2v) is 12.0. The van der Waals surface area contributed by atoms with Gasteiger partial charge in [-0.1, -0.05) is 6.07 Å². The molecule has 4 N–H and O–H groups in total. The highest BCUT2D eigenvalue weighted by Gasteiger charge is 2.18. The molecule has 0 amide bonds. The minimum Gasteiger partial charge on any atom is -0.324 e. The Balaban J connectivity index is 1.79. The zero-order chi connectivity index (χ0) is 26.7. The van der Waals surface area contributed by atoms with Gasteiger partial charge < -0.3 is 10.6 Å². The quantitative estimate of drug-likeness (QED) is 0.253. The lowest BCUT2D eigenvalue weighted by molar-refractivity contribution is 0.284. The second-order valence-electron chi connectivity index (χ2n) is 7.05. The number of hydrogen-bond donors (Lipinski definition) is 4. The molecule has 3 aromatic rings. The van der Waals surface area contributed by atoms with Crippen LogP contribution in [0.2, 0.25) is 5.28 Å². The summed E-state index contributed by atoms with van der Waals surface area (Å²) < 4.78 is 90.7. The van der Waals surface area contributed by atoms with E-state index in [2.05, 4.69) is 29.8 Å². The summed E-state index contributed by atoms with van der Waals surface area (Å²) in [7, 11) is -13.1. The number of sulfone groups is 1. The zero-order valence-electron chi connectivity index (χ0n) is 18.2. The van der Waals surface area contributed by atoms with Crippen LogP contribution in [0.25, 0.3) is 0 Å². The van der Waals surface area contributed by atoms with Gasteiger partial charge in [0.15, 0.2) is 9.84 Å². The van der Waals surface area contributed by atoms with Gasteiger partial charge in [-0.3, -0.25) is 9.11 Å². The fourth-order valence-corrected chi connectivity index (χ4v) is 5.27. The predicted molar refractivity (Wildman–Crippen MR) is 128 cm³/mol. The molecule has 3 rings (SSSR count). The average molecular weight is 580 g/mol. The molecule has 0 atom stereocenters. The molecule has 2 aromatic carbocycles. The average Bonchev–Trinajstić information content (AvgIpc) is 2.71. The maximum atomic E-state index is 12.4. The van der Waals surface area contributed by atoms with Gasteiger partial charge in [-0.15, -0.1) is 0 Å². The van der Waals surface area contributed by atoms with Crippen LogP contribution >= 0.6 is 11.6 Å². The Morgan fingerprint density at radius 1 is 0.889 bits per heavy atom. The lowest BCUT2D eigenvalue weighted by Gasteiger charge is -2.11. The van der Waals surface area contributed by atoms with Crippen molar-refractivity contribution in [2.24, 2.45) is 0 Å². The Labute approximate surface area is 211 Å². The molecule has 1 heterocycles. The van der Waals surface area contributed by atoms with E-state index in [1.54, 1.807) is 0 Å². The van der Waals surface area contributed by atoms with Crippen molar-refractivity contribution in [1.29, 1.82) is 0 Å². The largest absolute Gasteiger partial charge is 0.397 e. The van der Waals surface area contributed by atoms with Crippen LogP contribution in [0, 0.1) is 6.92 Å². The van der Waals surface area contributed by atoms with E-state index in [1.807, 2.05) is 0 Å². The van der Waals surface area contributed by atoms with Crippen molar-refractivity contribution >= 4 is 65.2 Å². The number of aromatic nitrogens is 3. The van der Waals surface area contributed by atoms with Crippen LogP contribution in [0.1, 0.15) is 5.56 Å². The van der Waals surface area contributed by atoms with E-state index in [0.717, 1.165) is 0 Å². The molecular weight excluding hydrogens is 562 g/mol. The van der Waals surface area contributed by atoms with Crippen LogP contribution < -0.4 is 10.6 Å². The number of nitrogens with one attached hydrogen (secondary N) is 2. The second kappa shape index (κ2) is 10.6. The number of halogens is 1. The summed E-state index contributed by atoms with van der Waals surface area (Å²) in [6, 6.07) is 9.46. The van der Waals surface area contributed by atoms with Crippen LogP contribution in [0.3, 0.4) is 0 Å². The SMILES string of the molecule is Cc1cc(Nc2nc(Cl)nc(Nc3cccc(S(=O)(=O)CCOS(=O)(=O)O)c3)n2)ccc1S(=O)(=O)O. The first kappa shape index (κ1) is 27.7. The van der Waals surface area contributed by atoms with Crippen LogP contribution in [-0.4, -0.2) is 61.7 Å². The topological polar surface area (TPSA) is 215 Å². The molecule has 0 aliphatic heterocycles. The third kappa shape index (κ3) is 7.79. The Kier molecular flexibility index (Phi) is 8.13. The lowest BCUT2D eigenvalue weighted by Crippen LogP contribution is -2.15. The van der Waals surface area contributed by atoms with Gasteiger partial charge in [0, 0.05) is 11.4 Å². The van der Waals surface area contributed by atoms with Crippen molar-refractivity contribution in [1.82, 2.24) is 15.0 Å². The normalized spacial score (nSPS) is 12.3. The van der Waals surface area contributed by atoms with E-state index in [4.69, 9.17) is 16.2 Å². The van der Waals surface area contributed by atoms with Crippen molar-refractivity contribution in [3.05, 3.63) is 53.3 Å². The van der Waals surface area contributed by atoms with Gasteiger partial charge in [0.05, 0.1) is 22.2 Å². The van der Waals surface area contributed by atoms with Crippen LogP contribution in [0.15, 0.2) is 52.3 Å². The summed E-state index contributed by atoms with van der Waals surface area (Å²) in [6.45, 7) is 0.708. The molecule has 0 bridgehead atoms. The first-order valence-electron chi connectivity index (χ1n) is 9.61. The fraction of sp³-hybridized carbons (Fsp3) is 0.167. The van der Waals surface area contributed by atoms with Crippen molar-refractivity contribution in [2.75, 3.05) is 23.0 Å². The number of rotatable bonds is 10. The van der Waals surface area contributed by atoms with Gasteiger partial charge in [0.2, 0.25) is 17.2 Å². The van der Waals surface area contributed by atoms with Gasteiger partial charge in [0.25, 0.3) is 10.1 Å². The molecule has 0 saturated heterocycles. The Hall–Kier alpha value is -2.93. The van der Waals surface area contributed by atoms with Gasteiger partial charge in [0.1, 0.15) is 0 Å². The minimum atomic E-state index is -4.78. The van der Waals surface area contributed by atoms with Gasteiger partial charge in [-0.05, 0) is 60.5 Å². The summed E-state index contributed by atoms with van der Waals surface area (Å²) in [5.74, 6) is -0.798. The lowest BCUT2D eigenvalue weighted by atomic mass is 10.2. The van der Waals surface area contributed by atoms with Crippen molar-refractivity contribution in [3.8, 4) is 0 Å². The monoisotopic (exact) mass is 579 g/mol. The summed E-state index contributed by atoms with van der Waals surface area (Å²) in [5.41, 5.74) is 0.891. The van der Waals surface area contributed by atoms with Crippen LogP contribution in [-0.2, 0) is 34.5 Å². The number of benzene rings is 2. The molecule has 0 unspecified atom stereocenters. The van der Waals surface area contributed by atoms with Gasteiger partial charge in [-0.2, -0.15) is 31.8 Å². The summed E-state index contributed by atoms with van der Waals surface area (Å²) in [4.78, 5) is 11.6. The number of anilines is 4. The van der Waals surface area contributed by atoms with Crippen molar-refractivity contribution in [2.45, 2.75) is 16.7 Å². The highest BCUT2D eigenvalue weighted by Crippen LogP contribution is 2.24. The highest BCUT2D eigenvalue weighted by atomic mass is 35.5. The van der Waals surface area contributed by atoms with Crippen LogP contribution in [0.5, 0.6) is 0 Å². The summed E-state index contributed by atoms with van der Waals surface area (Å²) >= 11 is 5.96. The number of aryl methyl sites for hydroxylation is 1. The molecular formula is C18H18ClN5O9S3. The van der Waals surface area contributed by atoms with Crippen LogP contribution in [0.4, 0.5) is 23.3 Å². The Bertz CT molecular complexity index is 1610. The van der Waals surface area contributed by atoms with E-state index in [1.165, 1.54) is 49.4 Å². The molecule has 18 heteroatoms. The Morgan fingerprint density at radius 2 is 1.50 bits per heavy atom. The molecule has 0 aliphatic rings. The van der Waals surface area contributed by atoms with Crippen molar-refractivity contribution < 1.29 is 38.5 Å². The van der Waals surface area contributed by atoms with Gasteiger partial charge >= 0.3 is 10.4 Å². The summed E-state index contributed by atoms with van der Waals surface area (Å²) in [5, 5.41) is 5.38. The maximum Gasteiger partial charge on any atom is 0.397 e. The molecule has 0 radical (unpaired) electrons. The first-order chi connectivity index (χ1) is 16.6. The summed E-state index contributed by atoms with van der Waals surface area (Å²) in [6.07, 6.45) is 0. The third-order valence-electron chi connectivity index (χ3n) is 4.35. The molecule has 0 saturated carbocycles. The smallest absolute Gasteiger partial charge is 0.324 e. The number of hydrogen-bond acceptors (Lipinski definition) is 12. The van der Waals surface area contributed by atoms with E-state index < -0.39 is 42.7 Å². The predicted octanol–water partition coefficient (Wildman–Crippen LogP) is 2.16. The molecule has 0 spiro atoms. The molecule has 0 fully saturated rings. The van der Waals surface area contributed by atoms with Gasteiger partial charge in [-0.25, -0.2) is 12.6 Å². The Morgan fingerprint density at radius 3 is 2.06 bits per heavy atom. The minimum absolute atomic E-state index is 0.0253. The number of nitrogens with zero attached hydrogens (tertiary/aromatic N) is 3. The molecule has 36 heavy (non-hydrogen) atoms. The first-order valence-corrected chi connectivity index (χ1v) is 14.4. The molecule has 0 aliphatic carbocycles. The standard InChI is InChI=1S/C18H18ClN5O9S3/c1-11-9-13(5-6-15(11)35(27,28)29)21-18-23-16(19)22-17(24-18)20-12-3-2-4-14(10-12)34(25,26)8-7-33-36(30,31)32/h2-6,9-10H,7-8H2,1H3,(H,27,28,29)(H,30,31,32)(H2,20,21,22,23,24). The van der Waals surface area contributed by atoms with E-state index in [-0.39, 0.29) is 38.2 Å². The highest BCUT2D eigenvalue weighted by molar-refractivity contribution is 7.91. The molecule has 14 nitrogen and oxygen atoms in total. The van der Waals surface area contributed by atoms with E-state index >= 15 is 0 Å². The zero-order valence-corrected chi connectivity index (χ0v) is 21.4.